The maximum atomic E-state index is 13.6. The van der Waals surface area contributed by atoms with Crippen molar-refractivity contribution in [3.05, 3.63) is 39.9 Å². The Balaban J connectivity index is 2.47. The zero-order valence-electron chi connectivity index (χ0n) is 7.99. The standard InChI is InChI=1S/C11H10BrF2N/c12-8-5-9(13)11(10(14)6-8)7-1-3-15-4-2-7/h1,5-6,15H,2-4H2. The molecule has 1 nitrogen and oxygen atoms in total. The van der Waals surface area contributed by atoms with Crippen LogP contribution < -0.4 is 5.32 Å². The van der Waals surface area contributed by atoms with E-state index in [1.165, 1.54) is 12.1 Å². The summed E-state index contributed by atoms with van der Waals surface area (Å²) in [5.74, 6) is -1.01. The molecule has 1 heterocycles. The number of nitrogens with one attached hydrogen (secondary N) is 1. The van der Waals surface area contributed by atoms with Crippen LogP contribution in [0, 0.1) is 11.6 Å². The molecule has 2 rings (SSSR count). The molecule has 1 aliphatic rings. The van der Waals surface area contributed by atoms with Gasteiger partial charge in [-0.3, -0.25) is 0 Å². The molecule has 0 atom stereocenters. The van der Waals surface area contributed by atoms with Crippen molar-refractivity contribution in [2.75, 3.05) is 13.1 Å². The van der Waals surface area contributed by atoms with Gasteiger partial charge in [-0.1, -0.05) is 22.0 Å². The molecule has 0 bridgehead atoms. The topological polar surface area (TPSA) is 12.0 Å². The second-order valence-electron chi connectivity index (χ2n) is 3.43. The molecule has 1 N–H and O–H groups in total. The lowest BCUT2D eigenvalue weighted by molar-refractivity contribution is 0.572. The van der Waals surface area contributed by atoms with E-state index < -0.39 is 11.6 Å². The minimum atomic E-state index is -0.505. The molecule has 0 saturated carbocycles. The summed E-state index contributed by atoms with van der Waals surface area (Å²) in [5.41, 5.74) is 0.857. The Morgan fingerprint density at radius 3 is 2.40 bits per heavy atom. The zero-order valence-corrected chi connectivity index (χ0v) is 9.57. The summed E-state index contributed by atoms with van der Waals surface area (Å²) in [5, 5.41) is 3.10. The van der Waals surface area contributed by atoms with Crippen LogP contribution in [0.4, 0.5) is 8.78 Å². The van der Waals surface area contributed by atoms with Crippen LogP contribution in [0.2, 0.25) is 0 Å². The molecule has 1 aromatic carbocycles. The molecule has 0 unspecified atom stereocenters. The normalized spacial score (nSPS) is 16.3. The highest BCUT2D eigenvalue weighted by atomic mass is 79.9. The lowest BCUT2D eigenvalue weighted by atomic mass is 9.99. The third-order valence-electron chi connectivity index (χ3n) is 2.39. The van der Waals surface area contributed by atoms with Gasteiger partial charge >= 0.3 is 0 Å². The fourth-order valence-corrected chi connectivity index (χ4v) is 2.10. The van der Waals surface area contributed by atoms with Gasteiger partial charge in [-0.25, -0.2) is 8.78 Å². The van der Waals surface area contributed by atoms with Crippen LogP contribution >= 0.6 is 15.9 Å². The largest absolute Gasteiger partial charge is 0.313 e. The summed E-state index contributed by atoms with van der Waals surface area (Å²) in [7, 11) is 0. The van der Waals surface area contributed by atoms with Gasteiger partial charge in [-0.2, -0.15) is 0 Å². The first-order valence-electron chi connectivity index (χ1n) is 4.73. The summed E-state index contributed by atoms with van der Waals surface area (Å²) in [6.07, 6.45) is 2.49. The van der Waals surface area contributed by atoms with Crippen molar-refractivity contribution in [2.24, 2.45) is 0 Å². The molecular weight excluding hydrogens is 264 g/mol. The fraction of sp³-hybridized carbons (Fsp3) is 0.273. The van der Waals surface area contributed by atoms with Gasteiger partial charge in [0.15, 0.2) is 0 Å². The van der Waals surface area contributed by atoms with Gasteiger partial charge < -0.3 is 5.32 Å². The van der Waals surface area contributed by atoms with Gasteiger partial charge in [-0.15, -0.1) is 0 Å². The molecule has 80 valence electrons. The van der Waals surface area contributed by atoms with Crippen molar-refractivity contribution in [3.63, 3.8) is 0 Å². The first-order chi connectivity index (χ1) is 7.18. The van der Waals surface area contributed by atoms with E-state index in [1.54, 1.807) is 0 Å². The number of halogens is 3. The maximum absolute atomic E-state index is 13.6. The highest BCUT2D eigenvalue weighted by Gasteiger charge is 2.16. The monoisotopic (exact) mass is 273 g/mol. The Labute approximate surface area is 95.3 Å². The number of benzene rings is 1. The molecule has 4 heteroatoms. The first kappa shape index (κ1) is 10.8. The summed E-state index contributed by atoms with van der Waals surface area (Å²) < 4.78 is 27.6. The summed E-state index contributed by atoms with van der Waals surface area (Å²) in [6.45, 7) is 1.44. The van der Waals surface area contributed by atoms with Gasteiger partial charge in [0.2, 0.25) is 0 Å². The Morgan fingerprint density at radius 2 is 1.87 bits per heavy atom. The molecule has 0 aromatic heterocycles. The van der Waals surface area contributed by atoms with Gasteiger partial charge in [0.25, 0.3) is 0 Å². The number of hydrogen-bond donors (Lipinski definition) is 1. The van der Waals surface area contributed by atoms with Crippen LogP contribution in [0.25, 0.3) is 5.57 Å². The Hall–Kier alpha value is -0.740. The van der Waals surface area contributed by atoms with E-state index >= 15 is 0 Å². The van der Waals surface area contributed by atoms with Gasteiger partial charge in [-0.05, 0) is 30.7 Å². The van der Waals surface area contributed by atoms with Crippen molar-refractivity contribution < 1.29 is 8.78 Å². The third kappa shape index (κ3) is 2.26. The molecule has 0 amide bonds. The predicted molar refractivity (Wildman–Crippen MR) is 59.5 cm³/mol. The average Bonchev–Trinajstić information content (AvgIpc) is 2.17. The third-order valence-corrected chi connectivity index (χ3v) is 2.85. The molecule has 0 radical (unpaired) electrons. The number of rotatable bonds is 1. The van der Waals surface area contributed by atoms with E-state index in [2.05, 4.69) is 21.2 Å². The maximum Gasteiger partial charge on any atom is 0.134 e. The second kappa shape index (κ2) is 4.41. The molecule has 0 saturated heterocycles. The van der Waals surface area contributed by atoms with Gasteiger partial charge in [0.1, 0.15) is 11.6 Å². The van der Waals surface area contributed by atoms with E-state index in [1.807, 2.05) is 6.08 Å². The van der Waals surface area contributed by atoms with Crippen molar-refractivity contribution in [3.8, 4) is 0 Å². The fourth-order valence-electron chi connectivity index (χ4n) is 1.70. The molecule has 0 fully saturated rings. The Morgan fingerprint density at radius 1 is 1.20 bits per heavy atom. The van der Waals surface area contributed by atoms with E-state index in [0.29, 0.717) is 17.4 Å². The van der Waals surface area contributed by atoms with Crippen molar-refractivity contribution >= 4 is 21.5 Å². The van der Waals surface area contributed by atoms with Crippen LogP contribution in [0.3, 0.4) is 0 Å². The summed E-state index contributed by atoms with van der Waals surface area (Å²) in [4.78, 5) is 0. The average molecular weight is 274 g/mol. The summed E-state index contributed by atoms with van der Waals surface area (Å²) in [6, 6.07) is 2.59. The molecule has 1 aromatic rings. The lowest BCUT2D eigenvalue weighted by Crippen LogP contribution is -2.20. The minimum Gasteiger partial charge on any atom is -0.313 e. The highest BCUT2D eigenvalue weighted by molar-refractivity contribution is 9.10. The van der Waals surface area contributed by atoms with Crippen molar-refractivity contribution in [1.29, 1.82) is 0 Å². The number of hydrogen-bond acceptors (Lipinski definition) is 1. The van der Waals surface area contributed by atoms with E-state index in [9.17, 15) is 8.78 Å². The van der Waals surface area contributed by atoms with E-state index in [4.69, 9.17) is 0 Å². The van der Waals surface area contributed by atoms with E-state index in [-0.39, 0.29) is 5.56 Å². The second-order valence-corrected chi connectivity index (χ2v) is 4.34. The van der Waals surface area contributed by atoms with Crippen LogP contribution in [0.1, 0.15) is 12.0 Å². The van der Waals surface area contributed by atoms with Crippen molar-refractivity contribution in [1.82, 2.24) is 5.32 Å². The quantitative estimate of drug-likeness (QED) is 0.829. The first-order valence-corrected chi connectivity index (χ1v) is 5.52. The van der Waals surface area contributed by atoms with Gasteiger partial charge in [0, 0.05) is 16.6 Å². The Bertz CT molecular complexity index is 392. The van der Waals surface area contributed by atoms with Crippen LogP contribution in [0.15, 0.2) is 22.7 Å². The van der Waals surface area contributed by atoms with Crippen LogP contribution in [-0.4, -0.2) is 13.1 Å². The predicted octanol–water partition coefficient (Wildman–Crippen LogP) is 3.10. The smallest absolute Gasteiger partial charge is 0.134 e. The molecule has 1 aliphatic heterocycles. The minimum absolute atomic E-state index is 0.111. The summed E-state index contributed by atoms with van der Waals surface area (Å²) >= 11 is 3.06. The highest BCUT2D eigenvalue weighted by Crippen LogP contribution is 2.28. The zero-order chi connectivity index (χ0) is 10.8. The van der Waals surface area contributed by atoms with Crippen LogP contribution in [0.5, 0.6) is 0 Å². The van der Waals surface area contributed by atoms with Crippen molar-refractivity contribution in [2.45, 2.75) is 6.42 Å². The molecule has 0 aliphatic carbocycles. The SMILES string of the molecule is Fc1cc(Br)cc(F)c1C1=CCNCC1. The van der Waals surface area contributed by atoms with E-state index in [0.717, 1.165) is 12.1 Å². The molecule has 0 spiro atoms. The molecular formula is C11H10BrF2N. The Kier molecular flexibility index (Phi) is 3.17. The lowest BCUT2D eigenvalue weighted by Gasteiger charge is -2.15. The van der Waals surface area contributed by atoms with Gasteiger partial charge in [0.05, 0.1) is 0 Å². The molecule has 15 heavy (non-hydrogen) atoms. The van der Waals surface area contributed by atoms with Crippen LogP contribution in [-0.2, 0) is 0 Å².